The van der Waals surface area contributed by atoms with Crippen molar-refractivity contribution in [3.05, 3.63) is 46.1 Å². The molecule has 0 atom stereocenters. The number of carbonyl (C=O) groups excluding carboxylic acids is 2. The standard InChI is InChI=1S/C20H23FN2O5S2/c1-2-28-20(25)18-15-5-3-4-6-16(15)29-19(18)23-17(24)11-12-22-30(26,27)14-9-7-13(21)8-10-14/h7-10,22H,2-6,11-12H2,1H3,(H,23,24). The van der Waals surface area contributed by atoms with E-state index in [4.69, 9.17) is 4.74 Å². The number of amides is 1. The Balaban J connectivity index is 1.64. The molecule has 1 heterocycles. The molecule has 2 aromatic rings. The molecule has 1 aromatic carbocycles. The van der Waals surface area contributed by atoms with Gasteiger partial charge in [-0.3, -0.25) is 4.79 Å². The molecule has 7 nitrogen and oxygen atoms in total. The van der Waals surface area contributed by atoms with Crippen molar-refractivity contribution in [2.75, 3.05) is 18.5 Å². The number of fused-ring (bicyclic) bond motifs is 1. The number of carbonyl (C=O) groups is 2. The number of halogens is 1. The molecule has 10 heteroatoms. The van der Waals surface area contributed by atoms with E-state index in [0.29, 0.717) is 10.6 Å². The van der Waals surface area contributed by atoms with Gasteiger partial charge in [-0.25, -0.2) is 22.3 Å². The summed E-state index contributed by atoms with van der Waals surface area (Å²) < 4.78 is 44.9. The summed E-state index contributed by atoms with van der Waals surface area (Å²) >= 11 is 1.37. The number of thiophene rings is 1. The van der Waals surface area contributed by atoms with Crippen molar-refractivity contribution in [1.82, 2.24) is 4.72 Å². The van der Waals surface area contributed by atoms with Crippen LogP contribution in [0.5, 0.6) is 0 Å². The van der Waals surface area contributed by atoms with Gasteiger partial charge in [-0.1, -0.05) is 0 Å². The fourth-order valence-electron chi connectivity index (χ4n) is 3.26. The van der Waals surface area contributed by atoms with Crippen LogP contribution in [-0.4, -0.2) is 33.4 Å². The van der Waals surface area contributed by atoms with Gasteiger partial charge in [0.2, 0.25) is 15.9 Å². The smallest absolute Gasteiger partial charge is 0.341 e. The first-order valence-corrected chi connectivity index (χ1v) is 12.0. The highest BCUT2D eigenvalue weighted by atomic mass is 32.2. The van der Waals surface area contributed by atoms with Crippen LogP contribution in [0.25, 0.3) is 0 Å². The van der Waals surface area contributed by atoms with Crippen LogP contribution in [0.4, 0.5) is 9.39 Å². The number of rotatable bonds is 8. The van der Waals surface area contributed by atoms with Crippen LogP contribution >= 0.6 is 11.3 Å². The fraction of sp³-hybridized carbons (Fsp3) is 0.400. The maximum Gasteiger partial charge on any atom is 0.341 e. The molecule has 1 aliphatic carbocycles. The molecule has 0 saturated heterocycles. The largest absolute Gasteiger partial charge is 0.462 e. The van der Waals surface area contributed by atoms with E-state index in [1.807, 2.05) is 0 Å². The third kappa shape index (κ3) is 5.24. The Hall–Kier alpha value is -2.30. The minimum atomic E-state index is -3.84. The summed E-state index contributed by atoms with van der Waals surface area (Å²) in [6.07, 6.45) is 3.53. The van der Waals surface area contributed by atoms with Crippen molar-refractivity contribution in [1.29, 1.82) is 0 Å². The average molecular weight is 455 g/mol. The SMILES string of the molecule is CCOC(=O)c1c(NC(=O)CCNS(=O)(=O)c2ccc(F)cc2)sc2c1CCCC2. The summed E-state index contributed by atoms with van der Waals surface area (Å²) in [6.45, 7) is 1.83. The van der Waals surface area contributed by atoms with Gasteiger partial charge >= 0.3 is 5.97 Å². The number of aryl methyl sites for hydroxylation is 1. The molecular formula is C20H23FN2O5S2. The number of sulfonamides is 1. The molecule has 0 saturated carbocycles. The first kappa shape index (κ1) is 22.4. The summed E-state index contributed by atoms with van der Waals surface area (Å²) in [4.78, 5) is 25.8. The second-order valence-electron chi connectivity index (χ2n) is 6.79. The molecule has 1 aliphatic rings. The molecule has 0 fully saturated rings. The minimum Gasteiger partial charge on any atom is -0.462 e. The molecule has 0 radical (unpaired) electrons. The zero-order valence-electron chi connectivity index (χ0n) is 16.5. The van der Waals surface area contributed by atoms with Crippen LogP contribution in [0.15, 0.2) is 29.2 Å². The maximum absolute atomic E-state index is 13.0. The fourth-order valence-corrected chi connectivity index (χ4v) is 5.58. The van der Waals surface area contributed by atoms with Crippen molar-refractivity contribution in [3.8, 4) is 0 Å². The summed E-state index contributed by atoms with van der Waals surface area (Å²) in [5.41, 5.74) is 1.36. The van der Waals surface area contributed by atoms with Crippen LogP contribution in [-0.2, 0) is 32.4 Å². The number of esters is 1. The second-order valence-corrected chi connectivity index (χ2v) is 9.66. The highest BCUT2D eigenvalue weighted by Gasteiger charge is 2.27. The Morgan fingerprint density at radius 1 is 1.17 bits per heavy atom. The molecule has 3 rings (SSSR count). The third-order valence-corrected chi connectivity index (χ3v) is 7.36. The summed E-state index contributed by atoms with van der Waals surface area (Å²) in [5.74, 6) is -1.41. The van der Waals surface area contributed by atoms with Crippen molar-refractivity contribution < 1.29 is 27.1 Å². The first-order chi connectivity index (χ1) is 14.3. The zero-order chi connectivity index (χ0) is 21.7. The minimum absolute atomic E-state index is 0.0835. The van der Waals surface area contributed by atoms with Crippen molar-refractivity contribution in [2.24, 2.45) is 0 Å². The van der Waals surface area contributed by atoms with Gasteiger partial charge in [-0.15, -0.1) is 11.3 Å². The molecular weight excluding hydrogens is 431 g/mol. The van der Waals surface area contributed by atoms with E-state index in [1.165, 1.54) is 11.3 Å². The Labute approximate surface area is 178 Å². The Morgan fingerprint density at radius 2 is 1.87 bits per heavy atom. The third-order valence-electron chi connectivity index (χ3n) is 4.67. The summed E-state index contributed by atoms with van der Waals surface area (Å²) in [5, 5.41) is 3.19. The van der Waals surface area contributed by atoms with Gasteiger partial charge in [0.25, 0.3) is 0 Å². The molecule has 0 unspecified atom stereocenters. The van der Waals surface area contributed by atoms with E-state index >= 15 is 0 Å². The lowest BCUT2D eigenvalue weighted by atomic mass is 9.95. The summed E-state index contributed by atoms with van der Waals surface area (Å²) in [7, 11) is -3.84. The van der Waals surface area contributed by atoms with E-state index in [0.717, 1.165) is 60.4 Å². The van der Waals surface area contributed by atoms with Crippen molar-refractivity contribution >= 4 is 38.2 Å². The second kappa shape index (κ2) is 9.67. The van der Waals surface area contributed by atoms with Gasteiger partial charge in [-0.05, 0) is 62.4 Å². The molecule has 1 amide bonds. The number of hydrogen-bond donors (Lipinski definition) is 2. The van der Waals surface area contributed by atoms with Gasteiger partial charge in [0.05, 0.1) is 17.1 Å². The Kier molecular flexibility index (Phi) is 7.22. The number of benzene rings is 1. The first-order valence-electron chi connectivity index (χ1n) is 9.68. The highest BCUT2D eigenvalue weighted by Crippen LogP contribution is 2.38. The molecule has 0 spiro atoms. The predicted octanol–water partition coefficient (Wildman–Crippen LogP) is 3.25. The number of nitrogens with one attached hydrogen (secondary N) is 2. The molecule has 1 aromatic heterocycles. The highest BCUT2D eigenvalue weighted by molar-refractivity contribution is 7.89. The maximum atomic E-state index is 13.0. The van der Waals surface area contributed by atoms with Crippen molar-refractivity contribution in [3.63, 3.8) is 0 Å². The molecule has 162 valence electrons. The van der Waals surface area contributed by atoms with Gasteiger partial charge < -0.3 is 10.1 Å². The summed E-state index contributed by atoms with van der Waals surface area (Å²) in [6, 6.07) is 4.41. The van der Waals surface area contributed by atoms with E-state index in [1.54, 1.807) is 6.92 Å². The Morgan fingerprint density at radius 3 is 2.57 bits per heavy atom. The topological polar surface area (TPSA) is 102 Å². The van der Waals surface area contributed by atoms with E-state index in [9.17, 15) is 22.4 Å². The monoisotopic (exact) mass is 454 g/mol. The number of hydrogen-bond acceptors (Lipinski definition) is 6. The van der Waals surface area contributed by atoms with Crippen LogP contribution in [0.1, 0.15) is 47.0 Å². The lowest BCUT2D eigenvalue weighted by Gasteiger charge is -2.12. The van der Waals surface area contributed by atoms with Gasteiger partial charge in [0.15, 0.2) is 0 Å². The van der Waals surface area contributed by atoms with Crippen LogP contribution in [0.2, 0.25) is 0 Å². The molecule has 2 N–H and O–H groups in total. The van der Waals surface area contributed by atoms with Crippen LogP contribution in [0.3, 0.4) is 0 Å². The normalized spacial score (nSPS) is 13.5. The Bertz CT molecular complexity index is 1030. The lowest BCUT2D eigenvalue weighted by molar-refractivity contribution is -0.116. The van der Waals surface area contributed by atoms with Crippen molar-refractivity contribution in [2.45, 2.75) is 43.9 Å². The average Bonchev–Trinajstić information content (AvgIpc) is 3.06. The molecule has 0 bridgehead atoms. The number of anilines is 1. The van der Waals surface area contributed by atoms with Gasteiger partial charge in [0.1, 0.15) is 10.8 Å². The van der Waals surface area contributed by atoms with Gasteiger partial charge in [-0.2, -0.15) is 0 Å². The molecule has 30 heavy (non-hydrogen) atoms. The van der Waals surface area contributed by atoms with E-state index in [-0.39, 0.29) is 24.5 Å². The van der Waals surface area contributed by atoms with Gasteiger partial charge in [0, 0.05) is 17.8 Å². The molecule has 0 aliphatic heterocycles. The van der Waals surface area contributed by atoms with Crippen LogP contribution < -0.4 is 10.0 Å². The van der Waals surface area contributed by atoms with Crippen LogP contribution in [0, 0.1) is 5.82 Å². The van der Waals surface area contributed by atoms with E-state index < -0.39 is 27.7 Å². The quantitative estimate of drug-likeness (QED) is 0.596. The lowest BCUT2D eigenvalue weighted by Crippen LogP contribution is -2.28. The number of ether oxygens (including phenoxy) is 1. The van der Waals surface area contributed by atoms with E-state index in [2.05, 4.69) is 10.0 Å². The predicted molar refractivity (Wildman–Crippen MR) is 112 cm³/mol. The zero-order valence-corrected chi connectivity index (χ0v) is 18.1.